The Morgan fingerprint density at radius 1 is 1.00 bits per heavy atom. The van der Waals surface area contributed by atoms with Crippen LogP contribution in [0.4, 0.5) is 15.8 Å². The van der Waals surface area contributed by atoms with Crippen LogP contribution in [0.5, 0.6) is 11.5 Å². The van der Waals surface area contributed by atoms with E-state index in [1.54, 1.807) is 0 Å². The van der Waals surface area contributed by atoms with E-state index in [1.165, 1.54) is 25.0 Å². The van der Waals surface area contributed by atoms with Crippen LogP contribution in [0.15, 0.2) is 48.5 Å². The zero-order chi connectivity index (χ0) is 31.0. The second-order valence-electron chi connectivity index (χ2n) is 12.0. The number of carbonyl (C=O) groups excluding carboxylic acids is 1. The number of carbonyl (C=O) groups is 2. The third kappa shape index (κ3) is 5.61. The van der Waals surface area contributed by atoms with Gasteiger partial charge in [0.05, 0.1) is 12.5 Å². The maximum absolute atomic E-state index is 14.3. The van der Waals surface area contributed by atoms with E-state index >= 15 is 0 Å². The molecular formula is C35H40FN3O5. The molecule has 0 aromatic heterocycles. The number of fused-ring (bicyclic) bond motifs is 1. The monoisotopic (exact) mass is 601 g/mol. The van der Waals surface area contributed by atoms with Gasteiger partial charge in [-0.1, -0.05) is 32.0 Å². The van der Waals surface area contributed by atoms with Crippen molar-refractivity contribution in [3.8, 4) is 11.5 Å². The summed E-state index contributed by atoms with van der Waals surface area (Å²) in [6, 6.07) is 14.3. The molecule has 3 aliphatic heterocycles. The predicted molar refractivity (Wildman–Crippen MR) is 167 cm³/mol. The number of aliphatic carboxylic acids is 1. The van der Waals surface area contributed by atoms with E-state index in [2.05, 4.69) is 22.3 Å². The number of aryl methyl sites for hydroxylation is 2. The molecule has 3 aromatic rings. The Bertz CT molecular complexity index is 1530. The number of nitrogens with one attached hydrogen (secondary N) is 1. The van der Waals surface area contributed by atoms with Crippen molar-refractivity contribution in [1.29, 1.82) is 0 Å². The predicted octanol–water partition coefficient (Wildman–Crippen LogP) is 6.07. The van der Waals surface area contributed by atoms with Gasteiger partial charge in [0, 0.05) is 43.0 Å². The Kier molecular flexibility index (Phi) is 8.49. The molecule has 0 saturated carbocycles. The zero-order valence-electron chi connectivity index (χ0n) is 25.6. The second-order valence-corrected chi connectivity index (χ2v) is 12.0. The molecule has 232 valence electrons. The minimum atomic E-state index is -0.913. The largest absolute Gasteiger partial charge is 0.481 e. The highest BCUT2D eigenvalue weighted by atomic mass is 19.1. The van der Waals surface area contributed by atoms with Crippen LogP contribution in [-0.4, -0.2) is 54.9 Å². The SMILES string of the molecule is CCc1cc(F)cc(CC)c1NC(=O)CN1C[C@H](c2ccc3c(c2C)OCO3)[C@@H](C(=O)O)[C@@H]1c1ccc(N2CCCC2)cc1. The Balaban J connectivity index is 1.35. The number of nitrogens with zero attached hydrogens (tertiary/aromatic N) is 2. The van der Waals surface area contributed by atoms with Crippen molar-refractivity contribution < 1.29 is 28.6 Å². The average molecular weight is 602 g/mol. The highest BCUT2D eigenvalue weighted by molar-refractivity contribution is 5.94. The highest BCUT2D eigenvalue weighted by Gasteiger charge is 2.48. The molecule has 2 saturated heterocycles. The number of hydrogen-bond donors (Lipinski definition) is 2. The van der Waals surface area contributed by atoms with Crippen LogP contribution in [0.2, 0.25) is 0 Å². The molecule has 3 atom stereocenters. The molecule has 0 spiro atoms. The molecule has 3 heterocycles. The number of amides is 1. The summed E-state index contributed by atoms with van der Waals surface area (Å²) in [6.45, 7) is 8.32. The first kappa shape index (κ1) is 29.9. The number of hydrogen-bond acceptors (Lipinski definition) is 6. The Morgan fingerprint density at radius 2 is 1.68 bits per heavy atom. The molecule has 9 heteroatoms. The lowest BCUT2D eigenvalue weighted by atomic mass is 9.81. The van der Waals surface area contributed by atoms with Gasteiger partial charge in [0.2, 0.25) is 12.7 Å². The Morgan fingerprint density at radius 3 is 2.32 bits per heavy atom. The first-order chi connectivity index (χ1) is 21.3. The maximum Gasteiger partial charge on any atom is 0.309 e. The fraction of sp³-hybridized carbons (Fsp3) is 0.429. The lowest BCUT2D eigenvalue weighted by Crippen LogP contribution is -2.35. The lowest BCUT2D eigenvalue weighted by molar-refractivity contribution is -0.143. The van der Waals surface area contributed by atoms with Crippen molar-refractivity contribution in [1.82, 2.24) is 4.90 Å². The quantitative estimate of drug-likeness (QED) is 0.308. The molecule has 44 heavy (non-hydrogen) atoms. The van der Waals surface area contributed by atoms with E-state index < -0.39 is 17.9 Å². The summed E-state index contributed by atoms with van der Waals surface area (Å²) in [5.74, 6) is -1.39. The number of halogens is 1. The van der Waals surface area contributed by atoms with E-state index in [4.69, 9.17) is 9.47 Å². The van der Waals surface area contributed by atoms with Gasteiger partial charge in [0.15, 0.2) is 11.5 Å². The minimum absolute atomic E-state index is 0.00783. The summed E-state index contributed by atoms with van der Waals surface area (Å²) in [6.07, 6.45) is 3.47. The van der Waals surface area contributed by atoms with E-state index in [1.807, 2.05) is 49.9 Å². The lowest BCUT2D eigenvalue weighted by Gasteiger charge is -2.28. The van der Waals surface area contributed by atoms with Crippen LogP contribution in [0.3, 0.4) is 0 Å². The molecule has 0 aliphatic carbocycles. The van der Waals surface area contributed by atoms with Crippen molar-refractivity contribution >= 4 is 23.3 Å². The van der Waals surface area contributed by atoms with Gasteiger partial charge in [0.1, 0.15) is 5.82 Å². The molecule has 2 N–H and O–H groups in total. The van der Waals surface area contributed by atoms with Crippen molar-refractivity contribution in [3.05, 3.63) is 82.2 Å². The molecule has 8 nitrogen and oxygen atoms in total. The van der Waals surface area contributed by atoms with Crippen LogP contribution in [0, 0.1) is 18.7 Å². The van der Waals surface area contributed by atoms with Crippen LogP contribution in [0.25, 0.3) is 0 Å². The van der Waals surface area contributed by atoms with Crippen LogP contribution in [-0.2, 0) is 22.4 Å². The molecule has 0 unspecified atom stereocenters. The second kappa shape index (κ2) is 12.5. The van der Waals surface area contributed by atoms with Gasteiger partial charge in [-0.05, 0) is 90.8 Å². The number of benzene rings is 3. The summed E-state index contributed by atoms with van der Waals surface area (Å²) in [4.78, 5) is 31.1. The number of anilines is 2. The third-order valence-corrected chi connectivity index (χ3v) is 9.46. The minimum Gasteiger partial charge on any atom is -0.481 e. The zero-order valence-corrected chi connectivity index (χ0v) is 25.6. The van der Waals surface area contributed by atoms with Crippen LogP contribution in [0.1, 0.15) is 66.5 Å². The van der Waals surface area contributed by atoms with E-state index in [9.17, 15) is 19.1 Å². The van der Waals surface area contributed by atoms with Gasteiger partial charge in [-0.25, -0.2) is 4.39 Å². The standard InChI is InChI=1S/C35H40FN3O5/c1-4-22-16-25(36)17-23(5-2)32(22)37-30(40)19-39-18-28(27-12-13-29-34(21(27)3)44-20-43-29)31(35(41)42)33(39)24-8-10-26(11-9-24)38-14-6-7-15-38/h8-13,16-17,28,31,33H,4-7,14-15,18-20H2,1-3H3,(H,37,40)(H,41,42)/t28-,31-,33+/m1/s1. The average Bonchev–Trinajstić information content (AvgIpc) is 3.79. The van der Waals surface area contributed by atoms with Gasteiger partial charge < -0.3 is 24.8 Å². The van der Waals surface area contributed by atoms with Crippen molar-refractivity contribution in [2.45, 2.75) is 58.4 Å². The van der Waals surface area contributed by atoms with Gasteiger partial charge in [-0.3, -0.25) is 14.5 Å². The summed E-state index contributed by atoms with van der Waals surface area (Å²) < 4.78 is 25.5. The molecule has 0 radical (unpaired) electrons. The smallest absolute Gasteiger partial charge is 0.309 e. The van der Waals surface area contributed by atoms with Gasteiger partial charge in [-0.15, -0.1) is 0 Å². The number of carboxylic acid groups (broad SMARTS) is 1. The first-order valence-electron chi connectivity index (χ1n) is 15.6. The van der Waals surface area contributed by atoms with E-state index in [0.29, 0.717) is 36.6 Å². The van der Waals surface area contributed by atoms with Crippen molar-refractivity contribution in [2.75, 3.05) is 43.2 Å². The molecule has 3 aromatic carbocycles. The normalized spacial score (nSPS) is 21.2. The molecule has 1 amide bonds. The van der Waals surface area contributed by atoms with E-state index in [-0.39, 0.29) is 31.0 Å². The van der Waals surface area contributed by atoms with E-state index in [0.717, 1.165) is 46.6 Å². The fourth-order valence-electron chi connectivity index (χ4n) is 7.30. The van der Waals surface area contributed by atoms with Crippen molar-refractivity contribution in [2.24, 2.45) is 5.92 Å². The molecular weight excluding hydrogens is 561 g/mol. The van der Waals surface area contributed by atoms with Gasteiger partial charge in [-0.2, -0.15) is 0 Å². The summed E-state index contributed by atoms with van der Waals surface area (Å²) >= 11 is 0. The molecule has 6 rings (SSSR count). The summed E-state index contributed by atoms with van der Waals surface area (Å²) in [5, 5.41) is 13.8. The molecule has 2 fully saturated rings. The first-order valence-corrected chi connectivity index (χ1v) is 15.6. The number of likely N-dealkylation sites (tertiary alicyclic amines) is 1. The number of rotatable bonds is 9. The third-order valence-electron chi connectivity index (χ3n) is 9.46. The van der Waals surface area contributed by atoms with Gasteiger partial charge >= 0.3 is 5.97 Å². The molecule has 0 bridgehead atoms. The maximum atomic E-state index is 14.3. The fourth-order valence-corrected chi connectivity index (χ4v) is 7.30. The molecule has 3 aliphatic rings. The van der Waals surface area contributed by atoms with Crippen LogP contribution >= 0.6 is 0 Å². The highest BCUT2D eigenvalue weighted by Crippen LogP contribution is 2.49. The number of ether oxygens (including phenoxy) is 2. The number of carboxylic acids is 1. The van der Waals surface area contributed by atoms with Crippen molar-refractivity contribution in [3.63, 3.8) is 0 Å². The summed E-state index contributed by atoms with van der Waals surface area (Å²) in [5.41, 5.74) is 5.84. The summed E-state index contributed by atoms with van der Waals surface area (Å²) in [7, 11) is 0. The topological polar surface area (TPSA) is 91.3 Å². The van der Waals surface area contributed by atoms with Gasteiger partial charge in [0.25, 0.3) is 0 Å². The van der Waals surface area contributed by atoms with Crippen LogP contribution < -0.4 is 19.7 Å². The Labute approximate surface area is 257 Å². The Hall–Kier alpha value is -4.11.